The molecule has 0 heterocycles. The van der Waals surface area contributed by atoms with E-state index in [-0.39, 0.29) is 6.54 Å². The van der Waals surface area contributed by atoms with Crippen LogP contribution in [0.5, 0.6) is 0 Å². The number of aryl methyl sites for hydroxylation is 1. The summed E-state index contributed by atoms with van der Waals surface area (Å²) in [5.74, 6) is -0.436. The zero-order valence-electron chi connectivity index (χ0n) is 13.6. The molecule has 0 spiro atoms. The Kier molecular flexibility index (Phi) is 5.76. The maximum atomic E-state index is 12.0. The summed E-state index contributed by atoms with van der Waals surface area (Å²) >= 11 is 0. The average Bonchev–Trinajstić information content (AvgIpc) is 3.03. The third kappa shape index (κ3) is 5.06. The van der Waals surface area contributed by atoms with E-state index >= 15 is 0 Å². The van der Waals surface area contributed by atoms with Crippen LogP contribution in [0.15, 0.2) is 29.4 Å². The summed E-state index contributed by atoms with van der Waals surface area (Å²) in [5.41, 5.74) is 5.02. The Labute approximate surface area is 137 Å². The van der Waals surface area contributed by atoms with Crippen LogP contribution < -0.4 is 9.73 Å². The monoisotopic (exact) mass is 337 g/mol. The molecule has 1 fully saturated rings. The molecular weight excluding hydrogens is 314 g/mol. The summed E-state index contributed by atoms with van der Waals surface area (Å²) in [5, 5.41) is 4.07. The molecule has 1 aliphatic carbocycles. The molecule has 6 nitrogen and oxygen atoms in total. The van der Waals surface area contributed by atoms with Crippen LogP contribution in [0, 0.1) is 0 Å². The van der Waals surface area contributed by atoms with Crippen molar-refractivity contribution in [3.05, 3.63) is 29.8 Å². The molecule has 0 bridgehead atoms. The standard InChI is InChI=1S/C16H23N3O3S/c1-3-13-8-10-15(11-9-13)19(23(2,21)22)12-16(20)18-17-14-6-4-5-7-14/h8-11H,3-7,12H2,1-2H3,(H,18,20). The number of nitrogens with one attached hydrogen (secondary N) is 1. The van der Waals surface area contributed by atoms with E-state index < -0.39 is 15.9 Å². The van der Waals surface area contributed by atoms with E-state index in [4.69, 9.17) is 0 Å². The van der Waals surface area contributed by atoms with Gasteiger partial charge in [0, 0.05) is 5.71 Å². The summed E-state index contributed by atoms with van der Waals surface area (Å²) in [6.45, 7) is 1.75. The maximum Gasteiger partial charge on any atom is 0.260 e. The minimum Gasteiger partial charge on any atom is -0.271 e. The smallest absolute Gasteiger partial charge is 0.260 e. The number of carbonyl (C=O) groups is 1. The molecule has 0 aliphatic heterocycles. The first kappa shape index (κ1) is 17.5. The van der Waals surface area contributed by atoms with Crippen molar-refractivity contribution in [1.29, 1.82) is 0 Å². The molecule has 1 saturated carbocycles. The van der Waals surface area contributed by atoms with Gasteiger partial charge >= 0.3 is 0 Å². The minimum absolute atomic E-state index is 0.277. The third-order valence-corrected chi connectivity index (χ3v) is 4.98. The first-order valence-corrected chi connectivity index (χ1v) is 9.66. The fraction of sp³-hybridized carbons (Fsp3) is 0.500. The number of hydrogen-bond acceptors (Lipinski definition) is 4. The molecule has 0 atom stereocenters. The molecule has 1 amide bonds. The maximum absolute atomic E-state index is 12.0. The predicted octanol–water partition coefficient (Wildman–Crippen LogP) is 2.06. The van der Waals surface area contributed by atoms with E-state index in [1.165, 1.54) is 0 Å². The second-order valence-corrected chi connectivity index (χ2v) is 7.62. The van der Waals surface area contributed by atoms with Crippen molar-refractivity contribution in [2.24, 2.45) is 5.10 Å². The molecule has 0 unspecified atom stereocenters. The van der Waals surface area contributed by atoms with Gasteiger partial charge in [-0.3, -0.25) is 9.10 Å². The lowest BCUT2D eigenvalue weighted by atomic mass is 10.1. The molecule has 1 N–H and O–H groups in total. The Morgan fingerprint density at radius 2 is 1.83 bits per heavy atom. The molecule has 7 heteroatoms. The lowest BCUT2D eigenvalue weighted by molar-refractivity contribution is -0.119. The van der Waals surface area contributed by atoms with Gasteiger partial charge in [0.25, 0.3) is 5.91 Å². The van der Waals surface area contributed by atoms with Gasteiger partial charge in [-0.25, -0.2) is 13.8 Å². The Balaban J connectivity index is 2.09. The Morgan fingerprint density at radius 3 is 2.35 bits per heavy atom. The largest absolute Gasteiger partial charge is 0.271 e. The van der Waals surface area contributed by atoms with Gasteiger partial charge in [-0.2, -0.15) is 5.10 Å². The van der Waals surface area contributed by atoms with E-state index in [9.17, 15) is 13.2 Å². The van der Waals surface area contributed by atoms with Gasteiger partial charge in [0.15, 0.2) is 0 Å². The second-order valence-electron chi connectivity index (χ2n) is 5.71. The van der Waals surface area contributed by atoms with Crippen molar-refractivity contribution >= 4 is 27.3 Å². The lowest BCUT2D eigenvalue weighted by Gasteiger charge is -2.21. The first-order valence-electron chi connectivity index (χ1n) is 7.81. The second kappa shape index (κ2) is 7.59. The highest BCUT2D eigenvalue weighted by atomic mass is 32.2. The summed E-state index contributed by atoms with van der Waals surface area (Å²) in [6.07, 6.45) is 5.94. The van der Waals surface area contributed by atoms with E-state index in [0.29, 0.717) is 5.69 Å². The van der Waals surface area contributed by atoms with Gasteiger partial charge in [-0.1, -0.05) is 19.1 Å². The number of hydrogen-bond donors (Lipinski definition) is 1. The SMILES string of the molecule is CCc1ccc(N(CC(=O)NN=C2CCCC2)S(C)(=O)=O)cc1. The zero-order valence-corrected chi connectivity index (χ0v) is 14.4. The van der Waals surface area contributed by atoms with E-state index in [2.05, 4.69) is 10.5 Å². The van der Waals surface area contributed by atoms with Crippen LogP contribution in [0.3, 0.4) is 0 Å². The van der Waals surface area contributed by atoms with Gasteiger partial charge in [-0.05, 0) is 49.8 Å². The van der Waals surface area contributed by atoms with E-state index in [0.717, 1.165) is 53.9 Å². The van der Waals surface area contributed by atoms with Crippen LogP contribution in [0.4, 0.5) is 5.69 Å². The van der Waals surface area contributed by atoms with Crippen LogP contribution in [0.2, 0.25) is 0 Å². The minimum atomic E-state index is -3.55. The number of carbonyl (C=O) groups excluding carboxylic acids is 1. The lowest BCUT2D eigenvalue weighted by Crippen LogP contribution is -2.39. The first-order chi connectivity index (χ1) is 10.9. The normalized spacial score (nSPS) is 14.6. The molecule has 1 aliphatic rings. The summed E-state index contributed by atoms with van der Waals surface area (Å²) in [7, 11) is -3.55. The molecule has 1 aromatic rings. The quantitative estimate of drug-likeness (QED) is 0.807. The highest BCUT2D eigenvalue weighted by Gasteiger charge is 2.21. The number of rotatable bonds is 6. The fourth-order valence-corrected chi connectivity index (χ4v) is 3.36. The summed E-state index contributed by atoms with van der Waals surface area (Å²) in [4.78, 5) is 12.0. The van der Waals surface area contributed by atoms with Gasteiger partial charge in [0.2, 0.25) is 10.0 Å². The highest BCUT2D eigenvalue weighted by Crippen LogP contribution is 2.18. The van der Waals surface area contributed by atoms with Crippen molar-refractivity contribution in [1.82, 2.24) is 5.43 Å². The van der Waals surface area contributed by atoms with Crippen LogP contribution in [0.1, 0.15) is 38.2 Å². The Bertz CT molecular complexity index is 673. The average molecular weight is 337 g/mol. The van der Waals surface area contributed by atoms with Crippen molar-refractivity contribution in [3.63, 3.8) is 0 Å². The van der Waals surface area contributed by atoms with Crippen molar-refractivity contribution < 1.29 is 13.2 Å². The Hall–Kier alpha value is -1.89. The van der Waals surface area contributed by atoms with Gasteiger partial charge < -0.3 is 0 Å². The van der Waals surface area contributed by atoms with Crippen LogP contribution >= 0.6 is 0 Å². The molecule has 126 valence electrons. The number of anilines is 1. The summed E-state index contributed by atoms with van der Waals surface area (Å²) < 4.78 is 25.1. The third-order valence-electron chi connectivity index (χ3n) is 3.84. The molecular formula is C16H23N3O3S. The van der Waals surface area contributed by atoms with Gasteiger partial charge in [0.05, 0.1) is 11.9 Å². The van der Waals surface area contributed by atoms with E-state index in [1.54, 1.807) is 12.1 Å². The Morgan fingerprint density at radius 1 is 1.22 bits per heavy atom. The molecule has 1 aromatic carbocycles. The van der Waals surface area contributed by atoms with Gasteiger partial charge in [0.1, 0.15) is 6.54 Å². The van der Waals surface area contributed by atoms with Gasteiger partial charge in [-0.15, -0.1) is 0 Å². The van der Waals surface area contributed by atoms with Crippen LogP contribution in [0.25, 0.3) is 0 Å². The van der Waals surface area contributed by atoms with Crippen molar-refractivity contribution in [2.45, 2.75) is 39.0 Å². The predicted molar refractivity (Wildman–Crippen MR) is 92.1 cm³/mol. The number of hydrazone groups is 1. The number of benzene rings is 1. The highest BCUT2D eigenvalue weighted by molar-refractivity contribution is 7.92. The van der Waals surface area contributed by atoms with Crippen molar-refractivity contribution in [3.8, 4) is 0 Å². The fourth-order valence-electron chi connectivity index (χ4n) is 2.50. The molecule has 2 rings (SSSR count). The zero-order chi connectivity index (χ0) is 16.9. The molecule has 0 saturated heterocycles. The van der Waals surface area contributed by atoms with Crippen molar-refractivity contribution in [2.75, 3.05) is 17.1 Å². The number of amides is 1. The number of sulfonamides is 1. The molecule has 23 heavy (non-hydrogen) atoms. The topological polar surface area (TPSA) is 78.8 Å². The van der Waals surface area contributed by atoms with Crippen LogP contribution in [-0.4, -0.2) is 32.8 Å². The summed E-state index contributed by atoms with van der Waals surface area (Å²) in [6, 6.07) is 7.17. The number of nitrogens with zero attached hydrogens (tertiary/aromatic N) is 2. The molecule has 0 radical (unpaired) electrons. The molecule has 0 aromatic heterocycles. The van der Waals surface area contributed by atoms with Crippen LogP contribution in [-0.2, 0) is 21.2 Å². The van der Waals surface area contributed by atoms with E-state index in [1.807, 2.05) is 19.1 Å².